The summed E-state index contributed by atoms with van der Waals surface area (Å²) in [4.78, 5) is 0. The minimum atomic E-state index is -3.24. The second-order valence-corrected chi connectivity index (χ2v) is 4.80. The molecule has 0 amide bonds. The van der Waals surface area contributed by atoms with Crippen molar-refractivity contribution in [1.29, 1.82) is 0 Å². The van der Waals surface area contributed by atoms with Crippen molar-refractivity contribution in [3.63, 3.8) is 0 Å². The van der Waals surface area contributed by atoms with Crippen LogP contribution in [0.5, 0.6) is 0 Å². The Kier molecular flexibility index (Phi) is 2.09. The van der Waals surface area contributed by atoms with E-state index >= 15 is 0 Å². The van der Waals surface area contributed by atoms with Crippen molar-refractivity contribution in [2.24, 2.45) is 0 Å². The molecule has 0 aromatic heterocycles. The molecule has 1 heterocycles. The van der Waals surface area contributed by atoms with Gasteiger partial charge in [0.1, 0.15) is 0 Å². The van der Waals surface area contributed by atoms with Crippen LogP contribution in [0.25, 0.3) is 0 Å². The summed E-state index contributed by atoms with van der Waals surface area (Å²) in [6.45, 7) is 0.284. The summed E-state index contributed by atoms with van der Waals surface area (Å²) in [5.41, 5.74) is 1.03. The van der Waals surface area contributed by atoms with E-state index < -0.39 is 10.1 Å². The molecule has 70 valence electrons. The predicted molar refractivity (Wildman–Crippen MR) is 48.9 cm³/mol. The fraction of sp³-hybridized carbons (Fsp3) is 0.333. The summed E-state index contributed by atoms with van der Waals surface area (Å²) in [6, 6.07) is 9.57. The zero-order valence-electron chi connectivity index (χ0n) is 7.01. The molecular weight excluding hydrogens is 188 g/mol. The number of benzene rings is 1. The van der Waals surface area contributed by atoms with E-state index in [2.05, 4.69) is 4.18 Å². The SMILES string of the molecule is O=S1(=O)C[C@@H](c2ccccc2)CO1. The van der Waals surface area contributed by atoms with E-state index in [1.54, 1.807) is 0 Å². The minimum absolute atomic E-state index is 0.00574. The largest absolute Gasteiger partial charge is 0.269 e. The molecule has 0 radical (unpaired) electrons. The van der Waals surface area contributed by atoms with Gasteiger partial charge in [-0.2, -0.15) is 8.42 Å². The average molecular weight is 198 g/mol. The molecule has 4 heteroatoms. The first-order valence-corrected chi connectivity index (χ1v) is 5.67. The summed E-state index contributed by atoms with van der Waals surface area (Å²) in [5.74, 6) is 0.114. The first-order valence-electron chi connectivity index (χ1n) is 4.09. The molecule has 1 aliphatic heterocycles. The lowest BCUT2D eigenvalue weighted by molar-refractivity contribution is 0.340. The predicted octanol–water partition coefficient (Wildman–Crippen LogP) is 1.13. The molecule has 0 aliphatic carbocycles. The highest BCUT2D eigenvalue weighted by Crippen LogP contribution is 2.24. The van der Waals surface area contributed by atoms with Gasteiger partial charge in [0, 0.05) is 5.92 Å². The molecule has 0 bridgehead atoms. The van der Waals surface area contributed by atoms with Gasteiger partial charge in [0.2, 0.25) is 0 Å². The third-order valence-corrected chi connectivity index (χ3v) is 3.43. The van der Waals surface area contributed by atoms with E-state index in [1.807, 2.05) is 30.3 Å². The first kappa shape index (κ1) is 8.72. The van der Waals surface area contributed by atoms with Gasteiger partial charge in [-0.1, -0.05) is 30.3 Å². The molecule has 0 saturated carbocycles. The number of hydrogen-bond acceptors (Lipinski definition) is 3. The molecule has 1 fully saturated rings. The summed E-state index contributed by atoms with van der Waals surface area (Å²) in [6.07, 6.45) is 0. The van der Waals surface area contributed by atoms with E-state index in [-0.39, 0.29) is 18.3 Å². The van der Waals surface area contributed by atoms with Gasteiger partial charge >= 0.3 is 0 Å². The third kappa shape index (κ3) is 1.89. The Balaban J connectivity index is 2.22. The van der Waals surface area contributed by atoms with E-state index in [9.17, 15) is 8.42 Å². The van der Waals surface area contributed by atoms with Crippen LogP contribution in [0.15, 0.2) is 30.3 Å². The van der Waals surface area contributed by atoms with Crippen LogP contribution in [0.1, 0.15) is 11.5 Å². The lowest BCUT2D eigenvalue weighted by Crippen LogP contribution is -2.03. The van der Waals surface area contributed by atoms with Crippen LogP contribution in [0.4, 0.5) is 0 Å². The van der Waals surface area contributed by atoms with E-state index in [0.717, 1.165) is 5.56 Å². The molecule has 3 nitrogen and oxygen atoms in total. The van der Waals surface area contributed by atoms with Crippen LogP contribution < -0.4 is 0 Å². The zero-order chi connectivity index (χ0) is 9.31. The molecule has 1 atom stereocenters. The zero-order valence-corrected chi connectivity index (χ0v) is 7.83. The van der Waals surface area contributed by atoms with Crippen molar-refractivity contribution in [2.75, 3.05) is 12.4 Å². The maximum absolute atomic E-state index is 11.0. The number of rotatable bonds is 1. The van der Waals surface area contributed by atoms with Gasteiger partial charge in [-0.25, -0.2) is 0 Å². The molecule has 1 aliphatic rings. The lowest BCUT2D eigenvalue weighted by Gasteiger charge is -2.04. The fourth-order valence-electron chi connectivity index (χ4n) is 1.45. The fourth-order valence-corrected chi connectivity index (χ4v) is 2.70. The van der Waals surface area contributed by atoms with Crippen molar-refractivity contribution in [2.45, 2.75) is 5.92 Å². The average Bonchev–Trinajstić information content (AvgIpc) is 2.48. The van der Waals surface area contributed by atoms with Gasteiger partial charge in [0.25, 0.3) is 10.1 Å². The lowest BCUT2D eigenvalue weighted by atomic mass is 10.0. The highest BCUT2D eigenvalue weighted by molar-refractivity contribution is 7.87. The topological polar surface area (TPSA) is 43.4 Å². The maximum atomic E-state index is 11.0. The smallest absolute Gasteiger partial charge is 0.268 e. The van der Waals surface area contributed by atoms with Crippen molar-refractivity contribution >= 4 is 10.1 Å². The Morgan fingerprint density at radius 2 is 1.92 bits per heavy atom. The van der Waals surface area contributed by atoms with Gasteiger partial charge in [-0.05, 0) is 5.56 Å². The van der Waals surface area contributed by atoms with Gasteiger partial charge in [-0.15, -0.1) is 0 Å². The van der Waals surface area contributed by atoms with Crippen LogP contribution in [-0.2, 0) is 14.3 Å². The highest BCUT2D eigenvalue weighted by Gasteiger charge is 2.29. The molecule has 0 N–H and O–H groups in total. The Morgan fingerprint density at radius 3 is 2.46 bits per heavy atom. The maximum Gasteiger partial charge on any atom is 0.268 e. The number of hydrogen-bond donors (Lipinski definition) is 0. The summed E-state index contributed by atoms with van der Waals surface area (Å²) >= 11 is 0. The van der Waals surface area contributed by atoms with Gasteiger partial charge < -0.3 is 0 Å². The van der Waals surface area contributed by atoms with Crippen LogP contribution >= 0.6 is 0 Å². The monoisotopic (exact) mass is 198 g/mol. The Morgan fingerprint density at radius 1 is 1.23 bits per heavy atom. The van der Waals surface area contributed by atoms with E-state index in [4.69, 9.17) is 0 Å². The minimum Gasteiger partial charge on any atom is -0.269 e. The molecular formula is C9H10O3S. The van der Waals surface area contributed by atoms with Crippen molar-refractivity contribution in [3.05, 3.63) is 35.9 Å². The molecule has 0 spiro atoms. The van der Waals surface area contributed by atoms with Gasteiger partial charge in [-0.3, -0.25) is 4.18 Å². The summed E-state index contributed by atoms with van der Waals surface area (Å²) < 4.78 is 26.7. The standard InChI is InChI=1S/C9H10O3S/c10-13(11)7-9(6-12-13)8-4-2-1-3-5-8/h1-5,9H,6-7H2/t9-/m0/s1. The molecule has 13 heavy (non-hydrogen) atoms. The second-order valence-electron chi connectivity index (χ2n) is 3.12. The molecule has 1 saturated heterocycles. The first-order chi connectivity index (χ1) is 6.17. The second kappa shape index (κ2) is 3.12. The van der Waals surface area contributed by atoms with Crippen molar-refractivity contribution in [3.8, 4) is 0 Å². The normalized spacial score (nSPS) is 26.0. The molecule has 0 unspecified atom stereocenters. The van der Waals surface area contributed by atoms with Crippen molar-refractivity contribution < 1.29 is 12.6 Å². The quantitative estimate of drug-likeness (QED) is 0.635. The molecule has 1 aromatic carbocycles. The van der Waals surface area contributed by atoms with Crippen LogP contribution in [0.3, 0.4) is 0 Å². The Labute approximate surface area is 77.5 Å². The van der Waals surface area contributed by atoms with Gasteiger partial charge in [0.05, 0.1) is 12.4 Å². The summed E-state index contributed by atoms with van der Waals surface area (Å²) in [7, 11) is -3.24. The van der Waals surface area contributed by atoms with Crippen LogP contribution in [-0.4, -0.2) is 20.8 Å². The van der Waals surface area contributed by atoms with E-state index in [1.165, 1.54) is 0 Å². The highest BCUT2D eigenvalue weighted by atomic mass is 32.2. The Bertz CT molecular complexity index is 383. The Hall–Kier alpha value is -0.870. The third-order valence-electron chi connectivity index (χ3n) is 2.13. The van der Waals surface area contributed by atoms with Gasteiger partial charge in [0.15, 0.2) is 0 Å². The van der Waals surface area contributed by atoms with Crippen LogP contribution in [0.2, 0.25) is 0 Å². The van der Waals surface area contributed by atoms with Crippen molar-refractivity contribution in [1.82, 2.24) is 0 Å². The van der Waals surface area contributed by atoms with Crippen LogP contribution in [0, 0.1) is 0 Å². The molecule has 1 aromatic rings. The van der Waals surface area contributed by atoms with E-state index in [0.29, 0.717) is 0 Å². The summed E-state index contributed by atoms with van der Waals surface area (Å²) in [5, 5.41) is 0. The molecule has 2 rings (SSSR count).